The van der Waals surface area contributed by atoms with Gasteiger partial charge in [0.25, 0.3) is 0 Å². The van der Waals surface area contributed by atoms with Crippen LogP contribution in [0.15, 0.2) is 321 Å². The quantitative estimate of drug-likeness (QED) is 0.145. The Morgan fingerprint density at radius 1 is 0.206 bits per heavy atom. The lowest BCUT2D eigenvalue weighted by atomic mass is 10.1. The molecule has 0 unspecified atom stereocenters. The lowest BCUT2D eigenvalue weighted by Gasteiger charge is -2.23. The van der Waals surface area contributed by atoms with Crippen LogP contribution in [0.1, 0.15) is 97.1 Å². The second-order valence-electron chi connectivity index (χ2n) is 32.1. The maximum atomic E-state index is 6.26. The SMILES string of the molecule is CC.CC.CC.CC.CC.Cc1ccc2c(oc3ncccc32)c1N1C=CN(c2ccccc2)C1.Cc1ccc2c(oc3ncccc32)c1N1CN(C)c2cccnc21.Cc1ccc2c(oc3ncccc32)c1N1CN(C)c2ncccc21.Cc1ccc2c(oc3ncccc32)c1N1CN(C)c2nccnc21.Cc1ccc2c(oc3ncccc32)c1N1CN(c2ccccc2)c2ccccc21. The van der Waals surface area contributed by atoms with E-state index >= 15 is 0 Å². The largest absolute Gasteiger partial charge is 0.435 e. The van der Waals surface area contributed by atoms with Crippen molar-refractivity contribution in [2.45, 2.75) is 104 Å². The summed E-state index contributed by atoms with van der Waals surface area (Å²) in [5.74, 6) is 3.68. The lowest BCUT2D eigenvalue weighted by molar-refractivity contribution is 0.652. The average Bonchev–Trinajstić information content (AvgIpc) is 1.61. The van der Waals surface area contributed by atoms with Gasteiger partial charge in [-0.2, -0.15) is 0 Å². The van der Waals surface area contributed by atoms with Gasteiger partial charge in [-0.1, -0.05) is 178 Å². The van der Waals surface area contributed by atoms with Gasteiger partial charge in [0.15, 0.2) is 51.2 Å². The molecule has 21 aromatic rings. The highest BCUT2D eigenvalue weighted by atomic mass is 16.4. The highest BCUT2D eigenvalue weighted by Crippen LogP contribution is 2.52. The van der Waals surface area contributed by atoms with Crippen LogP contribution in [-0.2, 0) is 0 Å². The number of anilines is 15. The summed E-state index contributed by atoms with van der Waals surface area (Å²) >= 11 is 0. The van der Waals surface area contributed by atoms with E-state index in [2.05, 4.69) is 331 Å². The standard InChI is InChI=1S/C25H19N3O.C21H17N3O.2C19H16N4O.C18H15N5O.5C2H6/c1-17-13-14-19-20-10-7-15-26-25(20)29-24(19)23(17)28-16-27(18-8-3-2-4-9-18)21-11-5-6-12-22(21)28;1-15-9-10-17-18-8-5-11-22-21(18)25-20(17)19(15)24-13-12-23(14-24)16-6-3-2-4-7-16;1-12-7-8-13-14-5-3-10-21-19(14)24-17(13)16(12)23-11-22(2)18-15(23)6-4-9-20-18;1-12-7-8-13-14-5-3-10-21-19(14)24-17(13)16(12)23-11-22(2)15-6-4-9-20-18(15)23;1-11-5-6-12-13-4-3-7-21-18(13)24-15(12)14(11)23-10-22(2)16-17(23)20-9-8-19-16;5*1-2/h2-15H,16H2,1H3;2-13H,14H2,1H3;2*3-10H,11H2,1-2H3;3-9H,10H2,1-2H3;5*1-2H3. The molecule has 0 spiro atoms. The van der Waals surface area contributed by atoms with Crippen LogP contribution in [-0.4, -0.2) is 99.3 Å². The summed E-state index contributed by atoms with van der Waals surface area (Å²) in [5, 5.41) is 10.7. The first-order valence-electron chi connectivity index (χ1n) is 46.8. The molecule has 18 heterocycles. The zero-order valence-corrected chi connectivity index (χ0v) is 80.4. The van der Waals surface area contributed by atoms with Gasteiger partial charge in [-0.3, -0.25) is 0 Å². The van der Waals surface area contributed by atoms with E-state index < -0.39 is 0 Å². The second-order valence-corrected chi connectivity index (χ2v) is 32.1. The monoisotopic (exact) mass is 1800 g/mol. The van der Waals surface area contributed by atoms with E-state index in [0.717, 1.165) is 183 Å². The molecule has 5 aliphatic rings. The van der Waals surface area contributed by atoms with Crippen molar-refractivity contribution in [1.82, 2.24) is 44.9 Å². The Balaban J connectivity index is 0.000000115. The summed E-state index contributed by atoms with van der Waals surface area (Å²) in [4.78, 5) is 62.2. The van der Waals surface area contributed by atoms with E-state index in [1.54, 1.807) is 43.4 Å². The molecule has 24 nitrogen and oxygen atoms in total. The second kappa shape index (κ2) is 40.4. The van der Waals surface area contributed by atoms with Gasteiger partial charge < -0.3 is 71.1 Å². The third-order valence-electron chi connectivity index (χ3n) is 24.2. The van der Waals surface area contributed by atoms with Crippen LogP contribution in [0, 0.1) is 34.6 Å². The van der Waals surface area contributed by atoms with Gasteiger partial charge in [0, 0.05) is 155 Å². The van der Waals surface area contributed by atoms with Crippen LogP contribution in [0.3, 0.4) is 0 Å². The number of nitrogens with zero attached hydrogens (tertiary/aromatic N) is 19. The topological polar surface area (TPSA) is 214 Å². The summed E-state index contributed by atoms with van der Waals surface area (Å²) in [5.41, 5.74) is 25.9. The Kier molecular flexibility index (Phi) is 27.2. The summed E-state index contributed by atoms with van der Waals surface area (Å²) < 4.78 is 30.7. The number of benzene rings is 8. The molecule has 0 aliphatic carbocycles. The highest BCUT2D eigenvalue weighted by Gasteiger charge is 2.36. The molecule has 13 aromatic heterocycles. The van der Waals surface area contributed by atoms with E-state index in [1.165, 1.54) is 39.4 Å². The number of aryl methyl sites for hydroxylation is 5. The molecule has 0 N–H and O–H groups in total. The van der Waals surface area contributed by atoms with Crippen LogP contribution in [0.2, 0.25) is 0 Å². The third-order valence-corrected chi connectivity index (χ3v) is 24.2. The van der Waals surface area contributed by atoms with E-state index in [-0.39, 0.29) is 0 Å². The van der Waals surface area contributed by atoms with Crippen molar-refractivity contribution in [2.24, 2.45) is 0 Å². The molecule has 26 rings (SSSR count). The Hall–Kier alpha value is -16.4. The number of aromatic nitrogens is 9. The van der Waals surface area contributed by atoms with Crippen molar-refractivity contribution in [3.8, 4) is 0 Å². The zero-order chi connectivity index (χ0) is 95.0. The number of furan rings is 5. The molecule has 0 bridgehead atoms. The molecular weight excluding hydrogens is 1690 g/mol. The van der Waals surface area contributed by atoms with Crippen molar-refractivity contribution < 1.29 is 22.1 Å². The van der Waals surface area contributed by atoms with Gasteiger partial charge in [0.1, 0.15) is 6.67 Å². The Morgan fingerprint density at radius 2 is 0.500 bits per heavy atom. The number of para-hydroxylation sites is 4. The fourth-order valence-electron chi connectivity index (χ4n) is 18.3. The minimum Gasteiger partial charge on any atom is -0.435 e. The number of fused-ring (bicyclic) bond motifs is 19. The van der Waals surface area contributed by atoms with Crippen molar-refractivity contribution in [3.05, 3.63) is 327 Å². The molecule has 0 atom stereocenters. The molecule has 0 amide bonds. The lowest BCUT2D eigenvalue weighted by Crippen LogP contribution is -2.25. The van der Waals surface area contributed by atoms with E-state index in [9.17, 15) is 0 Å². The molecule has 0 fully saturated rings. The maximum absolute atomic E-state index is 6.26. The van der Waals surface area contributed by atoms with Crippen LogP contribution < -0.4 is 49.0 Å². The number of hydrogen-bond donors (Lipinski definition) is 0. The Morgan fingerprint density at radius 3 is 0.934 bits per heavy atom. The predicted molar refractivity (Wildman–Crippen MR) is 562 cm³/mol. The van der Waals surface area contributed by atoms with Gasteiger partial charge in [0.2, 0.25) is 28.6 Å². The molecule has 0 saturated carbocycles. The number of pyridine rings is 7. The predicted octanol–water partition coefficient (Wildman–Crippen LogP) is 28.8. The van der Waals surface area contributed by atoms with Gasteiger partial charge in [-0.15, -0.1) is 0 Å². The molecular formula is C112H113N19O5. The minimum absolute atomic E-state index is 0.659. The number of hydrogen-bond acceptors (Lipinski definition) is 24. The summed E-state index contributed by atoms with van der Waals surface area (Å²) in [6, 6.07) is 78.9. The first-order valence-corrected chi connectivity index (χ1v) is 46.8. The zero-order valence-electron chi connectivity index (χ0n) is 80.4. The normalized spacial score (nSPS) is 13.0. The summed E-state index contributed by atoms with van der Waals surface area (Å²) in [6.07, 6.45) is 20.1. The average molecular weight is 1810 g/mol. The maximum Gasteiger partial charge on any atom is 0.227 e. The van der Waals surface area contributed by atoms with Crippen molar-refractivity contribution >= 4 is 196 Å². The highest BCUT2D eigenvalue weighted by molar-refractivity contribution is 6.14. The van der Waals surface area contributed by atoms with Crippen LogP contribution in [0.25, 0.3) is 110 Å². The van der Waals surface area contributed by atoms with Gasteiger partial charge >= 0.3 is 0 Å². The minimum atomic E-state index is 0.659. The summed E-state index contributed by atoms with van der Waals surface area (Å²) in [6.45, 7) is 34.2. The van der Waals surface area contributed by atoms with Crippen molar-refractivity contribution in [1.29, 1.82) is 0 Å². The number of rotatable bonds is 7. The van der Waals surface area contributed by atoms with E-state index in [1.807, 2.05) is 143 Å². The molecule has 686 valence electrons. The first kappa shape index (κ1) is 91.5. The van der Waals surface area contributed by atoms with E-state index in [0.29, 0.717) is 35.2 Å². The van der Waals surface area contributed by atoms with Crippen LogP contribution >= 0.6 is 0 Å². The van der Waals surface area contributed by atoms with E-state index in [4.69, 9.17) is 22.1 Å². The molecule has 8 aromatic carbocycles. The molecule has 0 radical (unpaired) electrons. The van der Waals surface area contributed by atoms with Crippen molar-refractivity contribution in [3.63, 3.8) is 0 Å². The van der Waals surface area contributed by atoms with Gasteiger partial charge in [0.05, 0.1) is 77.9 Å². The fraction of sp³-hybridized carbons (Fsp3) is 0.205. The Bertz CT molecular complexity index is 7430. The molecule has 5 aliphatic heterocycles. The van der Waals surface area contributed by atoms with Gasteiger partial charge in [-0.05, 0) is 184 Å². The molecule has 24 heteroatoms. The van der Waals surface area contributed by atoms with Gasteiger partial charge in [-0.25, -0.2) is 44.9 Å². The third kappa shape index (κ3) is 16.8. The summed E-state index contributed by atoms with van der Waals surface area (Å²) in [7, 11) is 6.15. The van der Waals surface area contributed by atoms with Crippen molar-refractivity contribution in [2.75, 3.05) is 103 Å². The fourth-order valence-corrected chi connectivity index (χ4v) is 18.3. The molecule has 136 heavy (non-hydrogen) atoms. The molecule has 0 saturated heterocycles. The first-order chi connectivity index (χ1) is 66.8. The Labute approximate surface area is 792 Å². The smallest absolute Gasteiger partial charge is 0.227 e. The van der Waals surface area contributed by atoms with Crippen LogP contribution in [0.5, 0.6) is 0 Å². The van der Waals surface area contributed by atoms with Crippen LogP contribution in [0.4, 0.5) is 85.8 Å².